The summed E-state index contributed by atoms with van der Waals surface area (Å²) >= 11 is 2.84. The van der Waals surface area contributed by atoms with Crippen molar-refractivity contribution < 1.29 is 23.1 Å². The molecule has 2 saturated heterocycles. The second-order valence-corrected chi connectivity index (χ2v) is 5.27. The van der Waals surface area contributed by atoms with Crippen LogP contribution in [0.25, 0.3) is 0 Å². The van der Waals surface area contributed by atoms with Crippen LogP contribution in [-0.4, -0.2) is 24.0 Å². The molecule has 0 radical (unpaired) electrons. The molecule has 0 saturated carbocycles. The lowest BCUT2D eigenvalue weighted by Crippen LogP contribution is -2.52. The minimum atomic E-state index is -0.837. The lowest BCUT2D eigenvalue weighted by atomic mass is 10.2. The van der Waals surface area contributed by atoms with Gasteiger partial charge in [-0.3, -0.25) is 9.59 Å². The number of hydrogen-bond donors (Lipinski definition) is 0. The van der Waals surface area contributed by atoms with Crippen LogP contribution in [0.1, 0.15) is 12.8 Å². The van der Waals surface area contributed by atoms with Gasteiger partial charge in [0.05, 0.1) is 10.2 Å². The fourth-order valence-corrected chi connectivity index (χ4v) is 2.63. The molecule has 2 fully saturated rings. The van der Waals surface area contributed by atoms with Gasteiger partial charge in [-0.05, 0) is 34.8 Å². The Kier molecular flexibility index (Phi) is 2.90. The number of rotatable bonds is 1. The van der Waals surface area contributed by atoms with E-state index in [9.17, 15) is 18.4 Å². The second kappa shape index (κ2) is 4.35. The third-order valence-corrected chi connectivity index (χ3v) is 3.85. The first-order chi connectivity index (χ1) is 8.99. The van der Waals surface area contributed by atoms with Crippen LogP contribution in [0.2, 0.25) is 0 Å². The van der Waals surface area contributed by atoms with E-state index in [4.69, 9.17) is 4.74 Å². The van der Waals surface area contributed by atoms with Crippen LogP contribution < -0.4 is 4.90 Å². The number of imide groups is 1. The van der Waals surface area contributed by atoms with Crippen molar-refractivity contribution in [2.75, 3.05) is 4.90 Å². The van der Waals surface area contributed by atoms with Crippen LogP contribution in [0.15, 0.2) is 16.6 Å². The molecule has 19 heavy (non-hydrogen) atoms. The van der Waals surface area contributed by atoms with Gasteiger partial charge in [0.2, 0.25) is 0 Å². The predicted octanol–water partition coefficient (Wildman–Crippen LogP) is 2.15. The Morgan fingerprint density at radius 1 is 1.11 bits per heavy atom. The molecule has 100 valence electrons. The molecular formula is C12H8BrF2NO3. The molecule has 3 rings (SSSR count). The summed E-state index contributed by atoms with van der Waals surface area (Å²) in [6.07, 6.45) is -0.638. The number of fused-ring (bicyclic) bond motifs is 2. The van der Waals surface area contributed by atoms with E-state index in [2.05, 4.69) is 15.9 Å². The highest BCUT2D eigenvalue weighted by Crippen LogP contribution is 2.34. The second-order valence-electron chi connectivity index (χ2n) is 4.42. The normalized spacial score (nSPS) is 26.2. The molecule has 2 aliphatic heterocycles. The summed E-state index contributed by atoms with van der Waals surface area (Å²) in [6, 6.07) is 1.72. The highest BCUT2D eigenvalue weighted by Gasteiger charge is 2.47. The minimum Gasteiger partial charge on any atom is -0.355 e. The van der Waals surface area contributed by atoms with Crippen LogP contribution >= 0.6 is 15.9 Å². The summed E-state index contributed by atoms with van der Waals surface area (Å²) < 4.78 is 32.5. The van der Waals surface area contributed by atoms with Gasteiger partial charge < -0.3 is 4.74 Å². The number of nitrogens with zero attached hydrogens (tertiary/aromatic N) is 1. The molecule has 2 unspecified atom stereocenters. The Balaban J connectivity index is 2.08. The molecule has 2 heterocycles. The SMILES string of the molecule is O=C1C2CCC(O2)C(=O)N1c1cc(F)c(Br)cc1F. The number of morpholine rings is 1. The van der Waals surface area contributed by atoms with Crippen molar-refractivity contribution in [1.82, 2.24) is 0 Å². The molecule has 1 aromatic carbocycles. The quantitative estimate of drug-likeness (QED) is 0.585. The van der Waals surface area contributed by atoms with Gasteiger partial charge in [0.15, 0.2) is 0 Å². The maximum absolute atomic E-state index is 13.9. The molecule has 2 amide bonds. The standard InChI is InChI=1S/C12H8BrF2NO3/c13-5-3-7(15)8(4-6(5)14)16-11(17)9-1-2-10(19-9)12(16)18/h3-4,9-10H,1-2H2. The monoisotopic (exact) mass is 331 g/mol. The number of hydrogen-bond acceptors (Lipinski definition) is 3. The van der Waals surface area contributed by atoms with Crippen molar-refractivity contribution in [3.63, 3.8) is 0 Å². The van der Waals surface area contributed by atoms with Crippen molar-refractivity contribution in [3.05, 3.63) is 28.2 Å². The van der Waals surface area contributed by atoms with Gasteiger partial charge in [0.25, 0.3) is 11.8 Å². The fraction of sp³-hybridized carbons (Fsp3) is 0.333. The summed E-state index contributed by atoms with van der Waals surface area (Å²) in [5.41, 5.74) is -0.365. The van der Waals surface area contributed by atoms with Crippen molar-refractivity contribution in [2.45, 2.75) is 25.0 Å². The zero-order valence-electron chi connectivity index (χ0n) is 9.53. The van der Waals surface area contributed by atoms with Gasteiger partial charge in [-0.25, -0.2) is 13.7 Å². The maximum Gasteiger partial charge on any atom is 0.263 e. The zero-order valence-corrected chi connectivity index (χ0v) is 11.1. The number of anilines is 1. The largest absolute Gasteiger partial charge is 0.355 e. The minimum absolute atomic E-state index is 0.0649. The van der Waals surface area contributed by atoms with E-state index in [1.54, 1.807) is 0 Å². The summed E-state index contributed by atoms with van der Waals surface area (Å²) in [4.78, 5) is 24.7. The first-order valence-electron chi connectivity index (χ1n) is 5.67. The van der Waals surface area contributed by atoms with Crippen LogP contribution in [0.4, 0.5) is 14.5 Å². The number of carbonyl (C=O) groups is 2. The first-order valence-corrected chi connectivity index (χ1v) is 6.46. The highest BCUT2D eigenvalue weighted by molar-refractivity contribution is 9.10. The Morgan fingerprint density at radius 2 is 1.68 bits per heavy atom. The smallest absolute Gasteiger partial charge is 0.263 e. The van der Waals surface area contributed by atoms with E-state index in [0.29, 0.717) is 17.7 Å². The fourth-order valence-electron chi connectivity index (χ4n) is 2.32. The topological polar surface area (TPSA) is 46.6 Å². The van der Waals surface area contributed by atoms with Crippen molar-refractivity contribution in [1.29, 1.82) is 0 Å². The lowest BCUT2D eigenvalue weighted by molar-refractivity contribution is -0.146. The van der Waals surface area contributed by atoms with Crippen LogP contribution in [0.5, 0.6) is 0 Å². The van der Waals surface area contributed by atoms with Gasteiger partial charge in [-0.2, -0.15) is 0 Å². The van der Waals surface area contributed by atoms with Gasteiger partial charge in [-0.15, -0.1) is 0 Å². The van der Waals surface area contributed by atoms with E-state index in [1.165, 1.54) is 0 Å². The van der Waals surface area contributed by atoms with Crippen molar-refractivity contribution in [3.8, 4) is 0 Å². The molecule has 2 atom stereocenters. The molecule has 0 spiro atoms. The molecule has 2 aliphatic rings. The Hall–Kier alpha value is -1.34. The molecule has 0 aromatic heterocycles. The van der Waals surface area contributed by atoms with Crippen LogP contribution in [0.3, 0.4) is 0 Å². The third-order valence-electron chi connectivity index (χ3n) is 3.24. The highest BCUT2D eigenvalue weighted by atomic mass is 79.9. The number of halogens is 3. The van der Waals surface area contributed by atoms with Gasteiger partial charge >= 0.3 is 0 Å². The molecule has 0 N–H and O–H groups in total. The molecule has 7 heteroatoms. The summed E-state index contributed by atoms with van der Waals surface area (Å²) in [6.45, 7) is 0. The van der Waals surface area contributed by atoms with E-state index in [1.807, 2.05) is 0 Å². The Bertz CT molecular complexity index is 571. The number of benzene rings is 1. The summed E-state index contributed by atoms with van der Waals surface area (Å²) in [5, 5.41) is 0. The summed E-state index contributed by atoms with van der Waals surface area (Å²) in [5.74, 6) is -2.86. The molecule has 2 bridgehead atoms. The molecule has 4 nitrogen and oxygen atoms in total. The van der Waals surface area contributed by atoms with E-state index in [0.717, 1.165) is 12.1 Å². The zero-order chi connectivity index (χ0) is 13.7. The average Bonchev–Trinajstić information content (AvgIpc) is 2.80. The summed E-state index contributed by atoms with van der Waals surface area (Å²) in [7, 11) is 0. The van der Waals surface area contributed by atoms with Crippen LogP contribution in [0, 0.1) is 11.6 Å². The van der Waals surface area contributed by atoms with Gasteiger partial charge in [0, 0.05) is 6.07 Å². The Morgan fingerprint density at radius 3 is 2.26 bits per heavy atom. The van der Waals surface area contributed by atoms with Gasteiger partial charge in [-0.1, -0.05) is 0 Å². The number of ether oxygens (including phenoxy) is 1. The van der Waals surface area contributed by atoms with Gasteiger partial charge in [0.1, 0.15) is 23.8 Å². The lowest BCUT2D eigenvalue weighted by Gasteiger charge is -2.30. The van der Waals surface area contributed by atoms with E-state index >= 15 is 0 Å². The maximum atomic E-state index is 13.9. The van der Waals surface area contributed by atoms with Crippen LogP contribution in [-0.2, 0) is 14.3 Å². The molecule has 0 aliphatic carbocycles. The Labute approximate surface area is 115 Å². The average molecular weight is 332 g/mol. The predicted molar refractivity (Wildman–Crippen MR) is 64.4 cm³/mol. The first kappa shape index (κ1) is 12.7. The number of amides is 2. The number of carbonyl (C=O) groups excluding carboxylic acids is 2. The van der Waals surface area contributed by atoms with E-state index < -0.39 is 35.7 Å². The molecule has 1 aromatic rings. The van der Waals surface area contributed by atoms with E-state index in [-0.39, 0.29) is 10.2 Å². The van der Waals surface area contributed by atoms with Crippen molar-refractivity contribution >= 4 is 33.4 Å². The third kappa shape index (κ3) is 1.88. The molecular weight excluding hydrogens is 324 g/mol. The van der Waals surface area contributed by atoms with Crippen molar-refractivity contribution in [2.24, 2.45) is 0 Å².